The third kappa shape index (κ3) is 2.47. The summed E-state index contributed by atoms with van der Waals surface area (Å²) in [7, 11) is 0. The summed E-state index contributed by atoms with van der Waals surface area (Å²) >= 11 is 6.18. The monoisotopic (exact) mass is 334 g/mol. The van der Waals surface area contributed by atoms with Crippen LogP contribution in [-0.2, 0) is 4.79 Å². The fraction of sp³-hybridized carbons (Fsp3) is 0.529. The van der Waals surface area contributed by atoms with Crippen LogP contribution in [-0.4, -0.2) is 18.9 Å². The smallest absolute Gasteiger partial charge is 0.244 e. The summed E-state index contributed by atoms with van der Waals surface area (Å²) in [6.07, 6.45) is 6.32. The minimum Gasteiger partial charge on any atom is -0.454 e. The number of halogens is 1. The molecule has 3 aliphatic rings. The summed E-state index contributed by atoms with van der Waals surface area (Å²) in [5.74, 6) is 1.93. The number of nitrogens with one attached hydrogen (secondary N) is 1. The Kier molecular flexibility index (Phi) is 3.48. The number of carbonyl (C=O) groups excluding carboxylic acids is 1. The molecule has 1 aromatic carbocycles. The van der Waals surface area contributed by atoms with Gasteiger partial charge in [-0.15, -0.1) is 0 Å². The quantitative estimate of drug-likeness (QED) is 0.681. The number of rotatable bonds is 3. The fourth-order valence-electron chi connectivity index (χ4n) is 4.12. The van der Waals surface area contributed by atoms with Crippen molar-refractivity contribution < 1.29 is 14.3 Å². The van der Waals surface area contributed by atoms with Gasteiger partial charge < -0.3 is 9.47 Å². The molecule has 0 bridgehead atoms. The van der Waals surface area contributed by atoms with Crippen LogP contribution < -0.4 is 14.9 Å². The van der Waals surface area contributed by atoms with Crippen molar-refractivity contribution in [2.24, 2.45) is 22.4 Å². The Morgan fingerprint density at radius 2 is 2.17 bits per heavy atom. The number of carbonyl (C=O) groups is 1. The molecule has 0 saturated heterocycles. The van der Waals surface area contributed by atoms with Crippen LogP contribution >= 0.6 is 11.6 Å². The predicted molar refractivity (Wildman–Crippen MR) is 86.9 cm³/mol. The zero-order valence-corrected chi connectivity index (χ0v) is 13.7. The lowest BCUT2D eigenvalue weighted by Crippen LogP contribution is -2.22. The zero-order chi connectivity index (χ0) is 16.0. The normalized spacial score (nSPS) is 31.0. The van der Waals surface area contributed by atoms with E-state index in [1.165, 1.54) is 12.8 Å². The molecule has 1 N–H and O–H groups in total. The molecule has 3 unspecified atom stereocenters. The maximum Gasteiger partial charge on any atom is 0.244 e. The van der Waals surface area contributed by atoms with Crippen molar-refractivity contribution in [3.8, 4) is 11.5 Å². The first-order valence-electron chi connectivity index (χ1n) is 8.02. The van der Waals surface area contributed by atoms with E-state index >= 15 is 0 Å². The van der Waals surface area contributed by atoms with Crippen molar-refractivity contribution in [3.05, 3.63) is 22.7 Å². The summed E-state index contributed by atoms with van der Waals surface area (Å²) in [6, 6.07) is 3.46. The van der Waals surface area contributed by atoms with Gasteiger partial charge in [0.25, 0.3) is 0 Å². The van der Waals surface area contributed by atoms with Crippen LogP contribution in [0.5, 0.6) is 11.5 Å². The largest absolute Gasteiger partial charge is 0.454 e. The molecule has 23 heavy (non-hydrogen) atoms. The number of nitrogens with zero attached hydrogens (tertiary/aromatic N) is 1. The highest BCUT2D eigenvalue weighted by Gasteiger charge is 2.64. The molecule has 1 aromatic rings. The minimum absolute atomic E-state index is 0.0208. The van der Waals surface area contributed by atoms with Crippen LogP contribution in [0.15, 0.2) is 17.2 Å². The molecule has 122 valence electrons. The molecule has 5 nitrogen and oxygen atoms in total. The van der Waals surface area contributed by atoms with E-state index in [1.807, 2.05) is 0 Å². The second-order valence-electron chi connectivity index (χ2n) is 6.80. The fourth-order valence-corrected chi connectivity index (χ4v) is 4.32. The van der Waals surface area contributed by atoms with Gasteiger partial charge in [0.1, 0.15) is 0 Å². The highest BCUT2D eigenvalue weighted by Crippen LogP contribution is 2.66. The molecule has 1 amide bonds. The lowest BCUT2D eigenvalue weighted by molar-refractivity contribution is -0.123. The predicted octanol–water partition coefficient (Wildman–Crippen LogP) is 3.35. The summed E-state index contributed by atoms with van der Waals surface area (Å²) in [5.41, 5.74) is 3.55. The van der Waals surface area contributed by atoms with E-state index in [1.54, 1.807) is 18.3 Å². The highest BCUT2D eigenvalue weighted by molar-refractivity contribution is 6.33. The van der Waals surface area contributed by atoms with Gasteiger partial charge in [0, 0.05) is 17.5 Å². The van der Waals surface area contributed by atoms with E-state index < -0.39 is 0 Å². The lowest BCUT2D eigenvalue weighted by atomic mass is 9.90. The zero-order valence-electron chi connectivity index (χ0n) is 13.0. The van der Waals surface area contributed by atoms with Gasteiger partial charge in [-0.25, -0.2) is 5.43 Å². The van der Waals surface area contributed by atoms with Gasteiger partial charge in [0.15, 0.2) is 11.5 Å². The van der Waals surface area contributed by atoms with Gasteiger partial charge in [-0.1, -0.05) is 31.4 Å². The first-order chi connectivity index (χ1) is 11.1. The molecule has 4 rings (SSSR count). The van der Waals surface area contributed by atoms with Crippen molar-refractivity contribution in [1.29, 1.82) is 0 Å². The Bertz CT molecular complexity index is 691. The van der Waals surface area contributed by atoms with Gasteiger partial charge >= 0.3 is 0 Å². The standard InChI is InChI=1S/C17H19ClN2O3/c1-17-5-3-2-4-11(17)15(17)16(21)20-19-8-10-6-13-14(7-12(10)18)23-9-22-13/h6-8,11,15H,2-5,9H2,1H3,(H,20,21). The van der Waals surface area contributed by atoms with Crippen LogP contribution in [0.2, 0.25) is 5.02 Å². The number of hydrazone groups is 1. The summed E-state index contributed by atoms with van der Waals surface area (Å²) < 4.78 is 10.6. The SMILES string of the molecule is CC12CCCCC1C2C(=O)NN=Cc1cc2c(cc1Cl)OCO2. The molecular formula is C17H19ClN2O3. The summed E-state index contributed by atoms with van der Waals surface area (Å²) in [5, 5.41) is 4.59. The number of fused-ring (bicyclic) bond motifs is 2. The van der Waals surface area contributed by atoms with E-state index in [0.717, 1.165) is 12.8 Å². The third-order valence-electron chi connectivity index (χ3n) is 5.48. The lowest BCUT2D eigenvalue weighted by Gasteiger charge is -2.15. The van der Waals surface area contributed by atoms with E-state index in [2.05, 4.69) is 17.5 Å². The Balaban J connectivity index is 1.41. The van der Waals surface area contributed by atoms with Gasteiger partial charge in [0.2, 0.25) is 12.7 Å². The van der Waals surface area contributed by atoms with Gasteiger partial charge in [-0.3, -0.25) is 4.79 Å². The Hall–Kier alpha value is -1.75. The average molecular weight is 335 g/mol. The molecule has 2 aliphatic carbocycles. The van der Waals surface area contributed by atoms with Crippen LogP contribution in [0.4, 0.5) is 0 Å². The summed E-state index contributed by atoms with van der Waals surface area (Å²) in [6.45, 7) is 2.42. The average Bonchev–Trinajstić information content (AvgIpc) is 2.91. The first kappa shape index (κ1) is 14.8. The molecule has 3 atom stereocenters. The third-order valence-corrected chi connectivity index (χ3v) is 5.81. The van der Waals surface area contributed by atoms with Crippen molar-refractivity contribution in [2.75, 3.05) is 6.79 Å². The Labute approximate surface area is 140 Å². The van der Waals surface area contributed by atoms with E-state index in [0.29, 0.717) is 28.0 Å². The topological polar surface area (TPSA) is 59.9 Å². The van der Waals surface area contributed by atoms with Gasteiger partial charge in [0.05, 0.1) is 11.2 Å². The van der Waals surface area contributed by atoms with Crippen LogP contribution in [0.25, 0.3) is 0 Å². The highest BCUT2D eigenvalue weighted by atomic mass is 35.5. The summed E-state index contributed by atoms with van der Waals surface area (Å²) in [4.78, 5) is 12.3. The molecule has 1 heterocycles. The molecular weight excluding hydrogens is 316 g/mol. The second kappa shape index (κ2) is 5.41. The number of ether oxygens (including phenoxy) is 2. The van der Waals surface area contributed by atoms with Crippen molar-refractivity contribution in [3.63, 3.8) is 0 Å². The van der Waals surface area contributed by atoms with E-state index in [9.17, 15) is 4.79 Å². The number of amides is 1. The first-order valence-corrected chi connectivity index (χ1v) is 8.39. The van der Waals surface area contributed by atoms with Crippen molar-refractivity contribution in [2.45, 2.75) is 32.6 Å². The molecule has 0 aromatic heterocycles. The maximum absolute atomic E-state index is 12.3. The van der Waals surface area contributed by atoms with E-state index in [-0.39, 0.29) is 24.0 Å². The molecule has 0 spiro atoms. The van der Waals surface area contributed by atoms with Gasteiger partial charge in [-0.2, -0.15) is 5.10 Å². The van der Waals surface area contributed by atoms with Crippen molar-refractivity contribution in [1.82, 2.24) is 5.43 Å². The maximum atomic E-state index is 12.3. The molecule has 1 aliphatic heterocycles. The number of benzene rings is 1. The molecule has 6 heteroatoms. The van der Waals surface area contributed by atoms with Crippen LogP contribution in [0.1, 0.15) is 38.2 Å². The Morgan fingerprint density at radius 1 is 1.39 bits per heavy atom. The molecule has 2 fully saturated rings. The van der Waals surface area contributed by atoms with E-state index in [4.69, 9.17) is 21.1 Å². The number of hydrogen-bond donors (Lipinski definition) is 1. The van der Waals surface area contributed by atoms with Gasteiger partial charge in [-0.05, 0) is 30.2 Å². The van der Waals surface area contributed by atoms with Crippen molar-refractivity contribution >= 4 is 23.7 Å². The second-order valence-corrected chi connectivity index (χ2v) is 7.20. The minimum atomic E-state index is 0.0208. The molecule has 2 saturated carbocycles. The number of hydrogen-bond acceptors (Lipinski definition) is 4. The molecule has 0 radical (unpaired) electrons. The van der Waals surface area contributed by atoms with Crippen LogP contribution in [0.3, 0.4) is 0 Å². The Morgan fingerprint density at radius 3 is 2.91 bits per heavy atom. The van der Waals surface area contributed by atoms with Crippen LogP contribution in [0, 0.1) is 17.3 Å².